The lowest BCUT2D eigenvalue weighted by Crippen LogP contribution is -2.11. The Bertz CT molecular complexity index is 3620. The first-order valence-electron chi connectivity index (χ1n) is 21.5. The molecule has 0 saturated heterocycles. The molecule has 4 heterocycles. The summed E-state index contributed by atoms with van der Waals surface area (Å²) in [6.07, 6.45) is 0. The van der Waals surface area contributed by atoms with E-state index in [1.165, 1.54) is 0 Å². The second kappa shape index (κ2) is 13.4. The van der Waals surface area contributed by atoms with Gasteiger partial charge in [0.05, 0.1) is 0 Å². The average Bonchev–Trinajstić information content (AvgIpc) is 3.91. The molecule has 14 rings (SSSR count). The van der Waals surface area contributed by atoms with Gasteiger partial charge in [0, 0.05) is 102 Å². The lowest BCUT2D eigenvalue weighted by Gasteiger charge is -2.30. The van der Waals surface area contributed by atoms with Gasteiger partial charge in [-0.25, -0.2) is 0 Å². The molecule has 300 valence electrons. The van der Waals surface area contributed by atoms with Crippen molar-refractivity contribution in [2.75, 3.05) is 9.80 Å². The molecule has 0 bridgehead atoms. The summed E-state index contributed by atoms with van der Waals surface area (Å²) >= 11 is 0. The number of benzene rings is 10. The van der Waals surface area contributed by atoms with Crippen molar-refractivity contribution in [3.8, 4) is 45.3 Å². The van der Waals surface area contributed by atoms with Gasteiger partial charge in [0.25, 0.3) is 0 Å². The Morgan fingerprint density at radius 1 is 0.250 bits per heavy atom. The molecule has 6 nitrogen and oxygen atoms in total. The topological polar surface area (TPSA) is 51.2 Å². The number of hydrogen-bond acceptors (Lipinski definition) is 6. The Balaban J connectivity index is 0.854. The van der Waals surface area contributed by atoms with Crippen molar-refractivity contribution < 1.29 is 18.3 Å². The highest BCUT2D eigenvalue weighted by atomic mass is 16.5. The molecule has 0 aliphatic carbocycles. The largest absolute Gasteiger partial charge is 0.456 e. The molecule has 0 unspecified atom stereocenters. The van der Waals surface area contributed by atoms with Crippen LogP contribution in [-0.4, -0.2) is 0 Å². The normalized spacial score (nSPS) is 12.3. The van der Waals surface area contributed by atoms with Crippen molar-refractivity contribution in [2.45, 2.75) is 0 Å². The Morgan fingerprint density at radius 2 is 0.625 bits per heavy atom. The highest BCUT2D eigenvalue weighted by Gasteiger charge is 2.30. The fourth-order valence-corrected chi connectivity index (χ4v) is 9.96. The molecule has 2 aliphatic rings. The summed E-state index contributed by atoms with van der Waals surface area (Å²) in [5.41, 5.74) is 13.7. The summed E-state index contributed by atoms with van der Waals surface area (Å²) in [7, 11) is 0. The summed E-state index contributed by atoms with van der Waals surface area (Å²) in [5.74, 6) is 3.19. The summed E-state index contributed by atoms with van der Waals surface area (Å²) < 4.78 is 26.4. The van der Waals surface area contributed by atoms with Gasteiger partial charge in [0.15, 0.2) is 0 Å². The molecule has 2 aromatic heterocycles. The Hall–Kier alpha value is -8.74. The lowest BCUT2D eigenvalue weighted by atomic mass is 9.88. The molecule has 0 fully saturated rings. The van der Waals surface area contributed by atoms with Gasteiger partial charge in [-0.2, -0.15) is 0 Å². The minimum Gasteiger partial charge on any atom is -0.456 e. The predicted molar refractivity (Wildman–Crippen MR) is 259 cm³/mol. The Kier molecular flexibility index (Phi) is 7.30. The van der Waals surface area contributed by atoms with Crippen LogP contribution in [-0.2, 0) is 0 Å². The summed E-state index contributed by atoms with van der Waals surface area (Å²) in [5, 5.41) is 6.50. The van der Waals surface area contributed by atoms with Gasteiger partial charge in [-0.05, 0) is 120 Å². The van der Waals surface area contributed by atoms with E-state index in [1.807, 2.05) is 36.4 Å². The van der Waals surface area contributed by atoms with Crippen molar-refractivity contribution in [3.63, 3.8) is 0 Å². The predicted octanol–water partition coefficient (Wildman–Crippen LogP) is 17.1. The molecule has 64 heavy (non-hydrogen) atoms. The van der Waals surface area contributed by atoms with Crippen LogP contribution < -0.4 is 19.3 Å². The molecular formula is C58H34N2O4. The number of furan rings is 2. The molecule has 12 aromatic rings. The van der Waals surface area contributed by atoms with Crippen LogP contribution >= 0.6 is 0 Å². The van der Waals surface area contributed by atoms with Crippen LogP contribution in [0.4, 0.5) is 34.1 Å². The zero-order valence-electron chi connectivity index (χ0n) is 34.2. The van der Waals surface area contributed by atoms with E-state index >= 15 is 0 Å². The minimum absolute atomic E-state index is 0.794. The first-order chi connectivity index (χ1) is 31.7. The smallest absolute Gasteiger partial charge is 0.137 e. The third-order valence-electron chi connectivity index (χ3n) is 12.8. The first-order valence-corrected chi connectivity index (χ1v) is 21.5. The molecule has 0 atom stereocenters. The lowest BCUT2D eigenvalue weighted by molar-refractivity contribution is 0.480. The van der Waals surface area contributed by atoms with E-state index in [9.17, 15) is 0 Å². The zero-order valence-corrected chi connectivity index (χ0v) is 34.2. The number of hydrogen-bond donors (Lipinski definition) is 0. The number of rotatable bonds is 6. The number of anilines is 6. The average molecular weight is 823 g/mol. The number of ether oxygens (including phenoxy) is 2. The van der Waals surface area contributed by atoms with Crippen LogP contribution in [0.5, 0.6) is 23.0 Å². The maximum absolute atomic E-state index is 6.87. The molecule has 0 spiro atoms. The molecule has 0 saturated carbocycles. The standard InChI is InChI=1S/C58H34N2O4/c1-3-11-35(12-4-1)59(37-19-23-43-41-15-7-9-17-49(41)61-53(43)31-37)39-21-25-45-47-27-30-52-58-48(28-29-51(57(47)58)63-55(45)33-39)46-26-22-40(34-56(46)64-52)60(36-13-5-2-6-14-36)38-20-24-44-42-16-8-10-18-50(42)62-54(44)32-38/h1-34H. The van der Waals surface area contributed by atoms with E-state index in [0.717, 1.165) is 134 Å². The van der Waals surface area contributed by atoms with Crippen LogP contribution in [0.1, 0.15) is 0 Å². The van der Waals surface area contributed by atoms with E-state index in [0.29, 0.717) is 0 Å². The fourth-order valence-electron chi connectivity index (χ4n) is 9.96. The number of fused-ring (bicyclic) bond motifs is 10. The van der Waals surface area contributed by atoms with Crippen LogP contribution in [0, 0.1) is 0 Å². The monoisotopic (exact) mass is 822 g/mol. The zero-order chi connectivity index (χ0) is 41.9. The van der Waals surface area contributed by atoms with Gasteiger partial charge >= 0.3 is 0 Å². The summed E-state index contributed by atoms with van der Waals surface area (Å²) in [6.45, 7) is 0. The molecule has 0 N–H and O–H groups in total. The van der Waals surface area contributed by atoms with Crippen molar-refractivity contribution in [2.24, 2.45) is 0 Å². The maximum atomic E-state index is 6.87. The van der Waals surface area contributed by atoms with Gasteiger partial charge < -0.3 is 28.1 Å². The van der Waals surface area contributed by atoms with Crippen LogP contribution in [0.15, 0.2) is 215 Å². The van der Waals surface area contributed by atoms with E-state index in [4.69, 9.17) is 18.3 Å². The highest BCUT2D eigenvalue weighted by Crippen LogP contribution is 2.56. The van der Waals surface area contributed by atoms with E-state index < -0.39 is 0 Å². The minimum atomic E-state index is 0.794. The fraction of sp³-hybridized carbons (Fsp3) is 0. The SMILES string of the molecule is c1ccc(N(c2ccc3c(c2)Oc2ccc4c5c(ccc-3c25)Oc2cc(N(c3ccccc3)c3ccc5c(c3)oc3ccccc35)ccc2-4)c2ccc3c(c2)oc2ccccc23)cc1. The van der Waals surface area contributed by atoms with Crippen molar-refractivity contribution >= 4 is 88.8 Å². The van der Waals surface area contributed by atoms with Crippen molar-refractivity contribution in [1.29, 1.82) is 0 Å². The van der Waals surface area contributed by atoms with Crippen LogP contribution in [0.25, 0.3) is 76.9 Å². The molecular weight excluding hydrogens is 789 g/mol. The molecule has 6 heteroatoms. The van der Waals surface area contributed by atoms with Gasteiger partial charge in [-0.15, -0.1) is 0 Å². The maximum Gasteiger partial charge on any atom is 0.137 e. The molecule has 0 radical (unpaired) electrons. The van der Waals surface area contributed by atoms with Gasteiger partial charge in [-0.1, -0.05) is 72.8 Å². The van der Waals surface area contributed by atoms with E-state index in [1.54, 1.807) is 0 Å². The van der Waals surface area contributed by atoms with E-state index in [-0.39, 0.29) is 0 Å². The molecule has 10 aromatic carbocycles. The Morgan fingerprint density at radius 3 is 1.09 bits per heavy atom. The molecule has 0 amide bonds. The van der Waals surface area contributed by atoms with Crippen LogP contribution in [0.2, 0.25) is 0 Å². The van der Waals surface area contributed by atoms with Gasteiger partial charge in [-0.3, -0.25) is 0 Å². The van der Waals surface area contributed by atoms with Gasteiger partial charge in [0.1, 0.15) is 45.3 Å². The van der Waals surface area contributed by atoms with Crippen molar-refractivity contribution in [3.05, 3.63) is 206 Å². The van der Waals surface area contributed by atoms with E-state index in [2.05, 4.69) is 180 Å². The summed E-state index contributed by atoms with van der Waals surface area (Å²) in [4.78, 5) is 4.50. The second-order valence-corrected chi connectivity index (χ2v) is 16.4. The van der Waals surface area contributed by atoms with Crippen LogP contribution in [0.3, 0.4) is 0 Å². The summed E-state index contributed by atoms with van der Waals surface area (Å²) in [6, 6.07) is 71.7. The second-order valence-electron chi connectivity index (χ2n) is 16.4. The van der Waals surface area contributed by atoms with Gasteiger partial charge in [0.2, 0.25) is 0 Å². The molecule has 2 aliphatic heterocycles. The number of para-hydroxylation sites is 4. The quantitative estimate of drug-likeness (QED) is 0.166. The third kappa shape index (κ3) is 5.20. The first kappa shape index (κ1) is 34.9. The number of nitrogens with zero attached hydrogens (tertiary/aromatic N) is 2. The Labute approximate surface area is 367 Å². The highest BCUT2D eigenvalue weighted by molar-refractivity contribution is 6.15. The third-order valence-corrected chi connectivity index (χ3v) is 12.8. The van der Waals surface area contributed by atoms with Crippen molar-refractivity contribution in [1.82, 2.24) is 0 Å².